The lowest BCUT2D eigenvalue weighted by molar-refractivity contribution is 0.0267. The number of sulfonamides is 1. The van der Waals surface area contributed by atoms with E-state index < -0.39 is 28.2 Å². The number of rotatable bonds is 5. The zero-order valence-electron chi connectivity index (χ0n) is 17.8. The summed E-state index contributed by atoms with van der Waals surface area (Å²) in [5.41, 5.74) is 8.45. The maximum absolute atomic E-state index is 14.9. The third-order valence-corrected chi connectivity index (χ3v) is 7.85. The Kier molecular flexibility index (Phi) is 6.43. The predicted molar refractivity (Wildman–Crippen MR) is 124 cm³/mol. The third kappa shape index (κ3) is 4.46. The van der Waals surface area contributed by atoms with Gasteiger partial charge in [-0.05, 0) is 65.4 Å². The molecule has 1 heterocycles. The number of carbonyl (C=O) groups excluding carboxylic acids is 1. The van der Waals surface area contributed by atoms with Crippen molar-refractivity contribution in [2.24, 2.45) is 5.73 Å². The van der Waals surface area contributed by atoms with Crippen LogP contribution in [0.2, 0.25) is 5.02 Å². The lowest BCUT2D eigenvalue weighted by atomic mass is 9.92. The molecule has 0 radical (unpaired) electrons. The molecule has 1 aliphatic heterocycles. The Balaban J connectivity index is 1.73. The predicted octanol–water partition coefficient (Wildman–Crippen LogP) is 5.05. The van der Waals surface area contributed by atoms with Crippen molar-refractivity contribution in [1.29, 1.82) is 0 Å². The van der Waals surface area contributed by atoms with Gasteiger partial charge in [-0.15, -0.1) is 0 Å². The first kappa shape index (κ1) is 23.2. The van der Waals surface area contributed by atoms with E-state index in [-0.39, 0.29) is 23.4 Å². The number of benzene rings is 3. The molecule has 0 aromatic heterocycles. The fourth-order valence-corrected chi connectivity index (χ4v) is 5.74. The van der Waals surface area contributed by atoms with E-state index in [0.29, 0.717) is 17.0 Å². The van der Waals surface area contributed by atoms with Crippen LogP contribution < -0.4 is 5.73 Å². The molecule has 3 aromatic rings. The number of ether oxygens (including phenoxy) is 1. The van der Waals surface area contributed by atoms with Gasteiger partial charge < -0.3 is 10.5 Å². The van der Waals surface area contributed by atoms with Gasteiger partial charge in [0.2, 0.25) is 10.0 Å². The van der Waals surface area contributed by atoms with Crippen LogP contribution >= 0.6 is 11.6 Å². The largest absolute Gasteiger partial charge is 0.425 e. The molecule has 0 saturated heterocycles. The average Bonchev–Trinajstić information content (AvgIpc) is 2.79. The van der Waals surface area contributed by atoms with Crippen LogP contribution in [0.5, 0.6) is 0 Å². The molecule has 172 valence electrons. The molecule has 2 N–H and O–H groups in total. The molecule has 4 rings (SSSR count). The summed E-state index contributed by atoms with van der Waals surface area (Å²) in [7, 11) is -4.13. The lowest BCUT2D eigenvalue weighted by Gasteiger charge is -2.36. The Labute approximate surface area is 196 Å². The van der Waals surface area contributed by atoms with Crippen molar-refractivity contribution in [2.75, 3.05) is 6.54 Å². The Morgan fingerprint density at radius 2 is 1.70 bits per heavy atom. The number of hydrogen-bond donors (Lipinski definition) is 1. The highest BCUT2D eigenvalue weighted by Gasteiger charge is 2.41. The number of halogens is 2. The molecule has 1 amide bonds. The van der Waals surface area contributed by atoms with Gasteiger partial charge in [0, 0.05) is 17.1 Å². The fourth-order valence-electron chi connectivity index (χ4n) is 4.13. The first-order valence-electron chi connectivity index (χ1n) is 10.4. The molecule has 1 unspecified atom stereocenters. The van der Waals surface area contributed by atoms with Crippen LogP contribution in [-0.4, -0.2) is 25.4 Å². The van der Waals surface area contributed by atoms with Crippen LogP contribution in [0.3, 0.4) is 0 Å². The molecule has 1 atom stereocenters. The van der Waals surface area contributed by atoms with Crippen molar-refractivity contribution in [3.05, 3.63) is 88.2 Å². The minimum atomic E-state index is -4.13. The van der Waals surface area contributed by atoms with Gasteiger partial charge in [0.15, 0.2) is 6.23 Å². The van der Waals surface area contributed by atoms with E-state index in [1.54, 1.807) is 30.3 Å². The average molecular weight is 489 g/mol. The quantitative estimate of drug-likeness (QED) is 0.544. The first-order chi connectivity index (χ1) is 15.7. The van der Waals surface area contributed by atoms with Crippen molar-refractivity contribution in [2.45, 2.75) is 30.9 Å². The number of nitrogens with two attached hydrogens (primary N) is 1. The van der Waals surface area contributed by atoms with Gasteiger partial charge in [0.05, 0.1) is 4.90 Å². The molecule has 6 nitrogen and oxygen atoms in total. The summed E-state index contributed by atoms with van der Waals surface area (Å²) in [6.45, 7) is 1.94. The number of carbonyl (C=O) groups is 1. The van der Waals surface area contributed by atoms with Crippen LogP contribution in [0.25, 0.3) is 11.1 Å². The zero-order chi connectivity index (χ0) is 23.8. The smallest absolute Gasteiger partial charge is 0.406 e. The monoisotopic (exact) mass is 488 g/mol. The third-order valence-electron chi connectivity index (χ3n) is 5.74. The van der Waals surface area contributed by atoms with Gasteiger partial charge in [0.25, 0.3) is 0 Å². The standard InChI is InChI=1S/C24H22ClFN2O4S/c1-2-15-7-12-21(26)22-20(15)13-14-28(23(22)32-24(27)29)33(30,31)19-10-5-17(6-11-19)16-3-8-18(25)9-4-16/h3-12,23H,2,13-14H2,1H3,(H2,27,29). The molecule has 0 fully saturated rings. The van der Waals surface area contributed by atoms with E-state index >= 15 is 0 Å². The Hall–Kier alpha value is -2.94. The molecule has 0 saturated carbocycles. The molecule has 0 spiro atoms. The fraction of sp³-hybridized carbons (Fsp3) is 0.208. The molecule has 1 aliphatic rings. The van der Waals surface area contributed by atoms with Gasteiger partial charge in [-0.25, -0.2) is 17.6 Å². The Morgan fingerprint density at radius 1 is 1.09 bits per heavy atom. The zero-order valence-corrected chi connectivity index (χ0v) is 19.4. The van der Waals surface area contributed by atoms with Crippen LogP contribution in [0.15, 0.2) is 65.6 Å². The van der Waals surface area contributed by atoms with Crippen molar-refractivity contribution in [3.63, 3.8) is 0 Å². The van der Waals surface area contributed by atoms with Gasteiger partial charge >= 0.3 is 6.09 Å². The number of hydrogen-bond acceptors (Lipinski definition) is 4. The second-order valence-electron chi connectivity index (χ2n) is 7.64. The van der Waals surface area contributed by atoms with E-state index in [2.05, 4.69) is 0 Å². The molecule has 0 bridgehead atoms. The number of amides is 1. The summed E-state index contributed by atoms with van der Waals surface area (Å²) in [5, 5.41) is 0.599. The molecule has 9 heteroatoms. The summed E-state index contributed by atoms with van der Waals surface area (Å²) >= 11 is 5.93. The van der Waals surface area contributed by atoms with Gasteiger partial charge in [-0.3, -0.25) is 0 Å². The SMILES string of the molecule is CCc1ccc(F)c2c1CCN(S(=O)(=O)c1ccc(-c3ccc(Cl)cc3)cc1)C2OC(N)=O. The van der Waals surface area contributed by atoms with E-state index in [4.69, 9.17) is 22.1 Å². The highest BCUT2D eigenvalue weighted by Crippen LogP contribution is 2.38. The van der Waals surface area contributed by atoms with E-state index in [9.17, 15) is 17.6 Å². The maximum Gasteiger partial charge on any atom is 0.406 e. The minimum absolute atomic E-state index is 0.00575. The molecule has 0 aliphatic carbocycles. The summed E-state index contributed by atoms with van der Waals surface area (Å²) in [5.74, 6) is -0.647. The Morgan fingerprint density at radius 3 is 2.27 bits per heavy atom. The summed E-state index contributed by atoms with van der Waals surface area (Å²) in [6.07, 6.45) is -1.76. The second-order valence-corrected chi connectivity index (χ2v) is 9.97. The number of primary amides is 1. The van der Waals surface area contributed by atoms with Crippen LogP contribution in [-0.2, 0) is 27.6 Å². The van der Waals surface area contributed by atoms with Gasteiger partial charge in [-0.2, -0.15) is 4.31 Å². The number of nitrogens with zero attached hydrogens (tertiary/aromatic N) is 1. The summed E-state index contributed by atoms with van der Waals surface area (Å²) in [6, 6.07) is 16.4. The molecular formula is C24H22ClFN2O4S. The maximum atomic E-state index is 14.9. The summed E-state index contributed by atoms with van der Waals surface area (Å²) < 4.78 is 48.0. The topological polar surface area (TPSA) is 89.7 Å². The van der Waals surface area contributed by atoms with E-state index in [1.165, 1.54) is 18.2 Å². The van der Waals surface area contributed by atoms with Crippen molar-refractivity contribution in [1.82, 2.24) is 4.31 Å². The highest BCUT2D eigenvalue weighted by atomic mass is 35.5. The molecule has 3 aromatic carbocycles. The summed E-state index contributed by atoms with van der Waals surface area (Å²) in [4.78, 5) is 11.6. The van der Waals surface area contributed by atoms with Gasteiger partial charge in [-0.1, -0.05) is 48.9 Å². The number of aryl methyl sites for hydroxylation is 1. The van der Waals surface area contributed by atoms with Gasteiger partial charge in [0.1, 0.15) is 5.82 Å². The Bertz CT molecular complexity index is 1300. The minimum Gasteiger partial charge on any atom is -0.425 e. The molecular weight excluding hydrogens is 467 g/mol. The van der Waals surface area contributed by atoms with Crippen LogP contribution in [0.4, 0.5) is 9.18 Å². The van der Waals surface area contributed by atoms with Crippen molar-refractivity contribution < 1.29 is 22.3 Å². The normalized spacial score (nSPS) is 16.3. The lowest BCUT2D eigenvalue weighted by Crippen LogP contribution is -2.43. The van der Waals surface area contributed by atoms with E-state index in [0.717, 1.165) is 21.0 Å². The first-order valence-corrected chi connectivity index (χ1v) is 12.2. The molecule has 33 heavy (non-hydrogen) atoms. The van der Waals surface area contributed by atoms with Crippen molar-refractivity contribution in [3.8, 4) is 11.1 Å². The van der Waals surface area contributed by atoms with Crippen LogP contribution in [0, 0.1) is 5.82 Å². The van der Waals surface area contributed by atoms with E-state index in [1.807, 2.05) is 19.1 Å². The number of fused-ring (bicyclic) bond motifs is 1. The second kappa shape index (κ2) is 9.13. The van der Waals surface area contributed by atoms with Crippen molar-refractivity contribution >= 4 is 27.7 Å². The highest BCUT2D eigenvalue weighted by molar-refractivity contribution is 7.89. The van der Waals surface area contributed by atoms with Crippen LogP contribution in [0.1, 0.15) is 29.8 Å².